The van der Waals surface area contributed by atoms with Gasteiger partial charge in [-0.3, -0.25) is 0 Å². The second-order valence-electron chi connectivity index (χ2n) is 5.69. The molecule has 0 nitrogen and oxygen atoms in total. The highest BCUT2D eigenvalue weighted by Crippen LogP contribution is 2.64. The predicted molar refractivity (Wildman–Crippen MR) is 94.2 cm³/mol. The third kappa shape index (κ3) is 2.71. The zero-order valence-corrected chi connectivity index (χ0v) is 13.5. The van der Waals surface area contributed by atoms with Gasteiger partial charge in [0.15, 0.2) is 0 Å². The van der Waals surface area contributed by atoms with Crippen LogP contribution in [0.4, 0.5) is 0 Å². The van der Waals surface area contributed by atoms with Gasteiger partial charge >= 0.3 is 0 Å². The first-order chi connectivity index (χ1) is 10.2. The molecule has 0 saturated carbocycles. The zero-order chi connectivity index (χ0) is 14.7. The Morgan fingerprint density at radius 2 is 1.38 bits per heavy atom. The Labute approximate surface area is 129 Å². The van der Waals surface area contributed by atoms with Crippen LogP contribution in [0.2, 0.25) is 0 Å². The molecule has 2 aromatic rings. The monoisotopic (exact) mass is 294 g/mol. The summed E-state index contributed by atoms with van der Waals surface area (Å²) in [5, 5.41) is 0.575. The fourth-order valence-electron chi connectivity index (χ4n) is 2.95. The zero-order valence-electron chi connectivity index (χ0n) is 12.7. The van der Waals surface area contributed by atoms with Gasteiger partial charge in [-0.25, -0.2) is 0 Å². The number of allylic oxidation sites excluding steroid dienone is 3. The lowest BCUT2D eigenvalue weighted by atomic mass is 10.1. The van der Waals surface area contributed by atoms with Gasteiger partial charge in [0.2, 0.25) is 0 Å². The summed E-state index contributed by atoms with van der Waals surface area (Å²) in [5.74, 6) is 0. The van der Waals surface area contributed by atoms with Crippen LogP contribution >= 0.6 is 10.0 Å². The minimum atomic E-state index is -1.05. The van der Waals surface area contributed by atoms with Crippen LogP contribution < -0.4 is 0 Å². The van der Waals surface area contributed by atoms with Gasteiger partial charge in [0.1, 0.15) is 0 Å². The molecule has 0 amide bonds. The Bertz CT molecular complexity index is 613. The molecule has 2 aromatic carbocycles. The molecule has 1 atom stereocenters. The van der Waals surface area contributed by atoms with E-state index in [4.69, 9.17) is 0 Å². The summed E-state index contributed by atoms with van der Waals surface area (Å²) in [5.41, 5.74) is 1.38. The van der Waals surface area contributed by atoms with Crippen molar-refractivity contribution < 1.29 is 0 Å². The molecular formula is C20H22S. The highest BCUT2D eigenvalue weighted by Gasteiger charge is 2.31. The third-order valence-electron chi connectivity index (χ3n) is 4.32. The highest BCUT2D eigenvalue weighted by atomic mass is 32.3. The molecule has 1 unspecified atom stereocenters. The van der Waals surface area contributed by atoms with Gasteiger partial charge in [0.05, 0.1) is 0 Å². The van der Waals surface area contributed by atoms with Crippen molar-refractivity contribution in [3.05, 3.63) is 84.5 Å². The van der Waals surface area contributed by atoms with Crippen LogP contribution in [0.1, 0.15) is 13.3 Å². The van der Waals surface area contributed by atoms with Gasteiger partial charge in [0.25, 0.3) is 0 Å². The van der Waals surface area contributed by atoms with E-state index in [0.29, 0.717) is 5.25 Å². The van der Waals surface area contributed by atoms with Gasteiger partial charge < -0.3 is 0 Å². The molecule has 0 fully saturated rings. The number of hydrogen-bond donors (Lipinski definition) is 0. The maximum Gasteiger partial charge on any atom is 0.0181 e. The van der Waals surface area contributed by atoms with Crippen molar-refractivity contribution in [2.75, 3.05) is 6.26 Å². The van der Waals surface area contributed by atoms with Crippen molar-refractivity contribution >= 4 is 10.0 Å². The Balaban J connectivity index is 2.10. The van der Waals surface area contributed by atoms with E-state index in [1.807, 2.05) is 0 Å². The van der Waals surface area contributed by atoms with Gasteiger partial charge in [-0.2, -0.15) is 10.0 Å². The first-order valence-electron chi connectivity index (χ1n) is 7.43. The average Bonchev–Trinajstić information content (AvgIpc) is 2.56. The Morgan fingerprint density at radius 1 is 0.857 bits per heavy atom. The Morgan fingerprint density at radius 3 is 1.81 bits per heavy atom. The largest absolute Gasteiger partial charge is 0.184 e. The summed E-state index contributed by atoms with van der Waals surface area (Å²) >= 11 is 0. The highest BCUT2D eigenvalue weighted by molar-refractivity contribution is 8.33. The van der Waals surface area contributed by atoms with Crippen molar-refractivity contribution in [1.29, 1.82) is 0 Å². The summed E-state index contributed by atoms with van der Waals surface area (Å²) in [6.07, 6.45) is 10.7. The van der Waals surface area contributed by atoms with Crippen LogP contribution in [0.3, 0.4) is 0 Å². The standard InChI is InChI=1S/C20H22S/c1-17-13-15-20(16-14-17)21(2,18-9-5-3-6-10-18)19-11-7-4-8-12-19/h3-15,20H,16H2,1-2H3. The molecule has 1 aliphatic rings. The van der Waals surface area contributed by atoms with Crippen LogP contribution in [0, 0.1) is 0 Å². The normalized spacial score (nSPS) is 19.1. The second-order valence-corrected chi connectivity index (χ2v) is 9.20. The molecular weight excluding hydrogens is 272 g/mol. The van der Waals surface area contributed by atoms with Crippen molar-refractivity contribution in [3.63, 3.8) is 0 Å². The van der Waals surface area contributed by atoms with E-state index in [1.165, 1.54) is 15.4 Å². The van der Waals surface area contributed by atoms with Gasteiger partial charge in [-0.05, 0) is 53.7 Å². The molecule has 0 heterocycles. The minimum Gasteiger partial charge on any atom is -0.184 e. The van der Waals surface area contributed by atoms with Gasteiger partial charge in [0, 0.05) is 5.25 Å². The van der Waals surface area contributed by atoms with E-state index >= 15 is 0 Å². The maximum atomic E-state index is 2.46. The minimum absolute atomic E-state index is 0.575. The van der Waals surface area contributed by atoms with E-state index < -0.39 is 10.0 Å². The van der Waals surface area contributed by atoms with E-state index in [9.17, 15) is 0 Å². The molecule has 0 radical (unpaired) electrons. The molecule has 1 heteroatoms. The lowest BCUT2D eigenvalue weighted by molar-refractivity contribution is 1.01. The summed E-state index contributed by atoms with van der Waals surface area (Å²) in [7, 11) is -1.05. The van der Waals surface area contributed by atoms with Crippen molar-refractivity contribution in [1.82, 2.24) is 0 Å². The molecule has 21 heavy (non-hydrogen) atoms. The molecule has 0 aromatic heterocycles. The molecule has 0 spiro atoms. The van der Waals surface area contributed by atoms with Crippen LogP contribution in [0.15, 0.2) is 94.3 Å². The summed E-state index contributed by atoms with van der Waals surface area (Å²) in [6, 6.07) is 22.0. The molecule has 0 saturated heterocycles. The smallest absolute Gasteiger partial charge is 0.0181 e. The average molecular weight is 294 g/mol. The fourth-order valence-corrected chi connectivity index (χ4v) is 6.24. The van der Waals surface area contributed by atoms with Crippen LogP contribution in [0.5, 0.6) is 0 Å². The first kappa shape index (κ1) is 14.2. The molecule has 0 aliphatic heterocycles. The van der Waals surface area contributed by atoms with E-state index in [-0.39, 0.29) is 0 Å². The summed E-state index contributed by atoms with van der Waals surface area (Å²) in [6.45, 7) is 2.18. The third-order valence-corrected chi connectivity index (χ3v) is 8.38. The van der Waals surface area contributed by atoms with Crippen LogP contribution in [0.25, 0.3) is 0 Å². The summed E-state index contributed by atoms with van der Waals surface area (Å²) < 4.78 is 0. The lowest BCUT2D eigenvalue weighted by Crippen LogP contribution is -2.17. The number of benzene rings is 2. The summed E-state index contributed by atoms with van der Waals surface area (Å²) in [4.78, 5) is 2.94. The molecule has 3 rings (SSSR count). The van der Waals surface area contributed by atoms with E-state index in [0.717, 1.165) is 6.42 Å². The Kier molecular flexibility index (Phi) is 4.03. The molecule has 0 bridgehead atoms. The van der Waals surface area contributed by atoms with E-state index in [2.05, 4.69) is 92.1 Å². The van der Waals surface area contributed by atoms with Crippen LogP contribution in [-0.4, -0.2) is 11.5 Å². The second kappa shape index (κ2) is 5.95. The SMILES string of the molecule is CC1=CCC(S(C)(c2ccccc2)c2ccccc2)C=C1. The van der Waals surface area contributed by atoms with Crippen molar-refractivity contribution in [3.8, 4) is 0 Å². The van der Waals surface area contributed by atoms with Crippen LogP contribution in [-0.2, 0) is 0 Å². The maximum absolute atomic E-state index is 2.46. The van der Waals surface area contributed by atoms with Crippen molar-refractivity contribution in [2.45, 2.75) is 28.4 Å². The predicted octanol–water partition coefficient (Wildman–Crippen LogP) is 5.81. The fraction of sp³-hybridized carbons (Fsp3) is 0.200. The number of rotatable bonds is 3. The molecule has 108 valence electrons. The lowest BCUT2D eigenvalue weighted by Gasteiger charge is -2.43. The molecule has 1 aliphatic carbocycles. The Hall–Kier alpha value is -1.73. The first-order valence-corrected chi connectivity index (χ1v) is 9.54. The molecule has 0 N–H and O–H groups in total. The van der Waals surface area contributed by atoms with E-state index in [1.54, 1.807) is 0 Å². The quantitative estimate of drug-likeness (QED) is 0.669. The number of hydrogen-bond acceptors (Lipinski definition) is 0. The van der Waals surface area contributed by atoms with Gasteiger partial charge in [-0.15, -0.1) is 0 Å². The van der Waals surface area contributed by atoms with Gasteiger partial charge in [-0.1, -0.05) is 60.2 Å². The van der Waals surface area contributed by atoms with Crippen molar-refractivity contribution in [2.24, 2.45) is 0 Å². The topological polar surface area (TPSA) is 0 Å².